The third-order valence-corrected chi connectivity index (χ3v) is 6.52. The van der Waals surface area contributed by atoms with Crippen LogP contribution < -0.4 is 9.04 Å². The molecule has 0 fully saturated rings. The van der Waals surface area contributed by atoms with Crippen LogP contribution in [0.1, 0.15) is 16.1 Å². The lowest BCUT2D eigenvalue weighted by Crippen LogP contribution is -2.28. The number of carboxylic acids is 1. The highest BCUT2D eigenvalue weighted by Gasteiger charge is 2.28. The van der Waals surface area contributed by atoms with E-state index in [4.69, 9.17) is 4.74 Å². The molecule has 4 rings (SSSR count). The summed E-state index contributed by atoms with van der Waals surface area (Å²) in [6.45, 7) is 1.77. The second-order valence-corrected chi connectivity index (χ2v) is 8.85. The molecule has 0 radical (unpaired) electrons. The lowest BCUT2D eigenvalue weighted by molar-refractivity contribution is 0.0697. The van der Waals surface area contributed by atoms with Crippen LogP contribution in [-0.4, -0.2) is 41.5 Å². The zero-order valence-corrected chi connectivity index (χ0v) is 17.9. The van der Waals surface area contributed by atoms with Crippen molar-refractivity contribution in [1.82, 2.24) is 15.0 Å². The number of aryl methyl sites for hydroxylation is 1. The van der Waals surface area contributed by atoms with Crippen molar-refractivity contribution in [2.24, 2.45) is 0 Å². The van der Waals surface area contributed by atoms with Crippen LogP contribution >= 0.6 is 0 Å². The molecule has 0 saturated heterocycles. The van der Waals surface area contributed by atoms with Gasteiger partial charge in [-0.25, -0.2) is 23.2 Å². The van der Waals surface area contributed by atoms with E-state index in [2.05, 4.69) is 15.0 Å². The maximum absolute atomic E-state index is 13.3. The van der Waals surface area contributed by atoms with E-state index in [1.807, 2.05) is 0 Å². The number of hydrogen-bond donors (Lipinski definition) is 1. The Morgan fingerprint density at radius 2 is 1.66 bits per heavy atom. The van der Waals surface area contributed by atoms with E-state index in [9.17, 15) is 18.3 Å². The van der Waals surface area contributed by atoms with Crippen molar-refractivity contribution in [1.29, 1.82) is 0 Å². The molecule has 0 unspecified atom stereocenters. The standard InChI is InChI=1S/C22H18N4O5S/c1-14-3-8-18-20(19(22(27)28)13-24-21(18)25-14)26(2)32(29,30)17-6-4-15(5-7-17)31-16-9-11-23-12-10-16/h3-13H,1-2H3,(H,27,28). The Morgan fingerprint density at radius 3 is 2.31 bits per heavy atom. The highest BCUT2D eigenvalue weighted by molar-refractivity contribution is 7.92. The zero-order valence-electron chi connectivity index (χ0n) is 17.1. The van der Waals surface area contributed by atoms with Crippen molar-refractivity contribution >= 4 is 32.7 Å². The maximum atomic E-state index is 13.3. The van der Waals surface area contributed by atoms with E-state index in [-0.39, 0.29) is 21.8 Å². The van der Waals surface area contributed by atoms with Crippen LogP contribution in [0.25, 0.3) is 11.0 Å². The van der Waals surface area contributed by atoms with Gasteiger partial charge in [0.2, 0.25) is 0 Å². The Hall–Kier alpha value is -4.05. The smallest absolute Gasteiger partial charge is 0.339 e. The molecule has 9 nitrogen and oxygen atoms in total. The summed E-state index contributed by atoms with van der Waals surface area (Å²) in [5.74, 6) is -0.291. The molecule has 0 atom stereocenters. The summed E-state index contributed by atoms with van der Waals surface area (Å²) in [5, 5.41) is 9.96. The van der Waals surface area contributed by atoms with Gasteiger partial charge in [0.1, 0.15) is 17.1 Å². The minimum absolute atomic E-state index is 0.00730. The first-order valence-electron chi connectivity index (χ1n) is 9.44. The lowest BCUT2D eigenvalue weighted by atomic mass is 10.1. The van der Waals surface area contributed by atoms with Gasteiger partial charge in [0.25, 0.3) is 10.0 Å². The number of aromatic nitrogens is 3. The molecule has 3 aromatic heterocycles. The predicted molar refractivity (Wildman–Crippen MR) is 118 cm³/mol. The Bertz CT molecular complexity index is 1410. The molecule has 0 aliphatic carbocycles. The van der Waals surface area contributed by atoms with Crippen molar-refractivity contribution in [2.75, 3.05) is 11.4 Å². The summed E-state index contributed by atoms with van der Waals surface area (Å²) in [6.07, 6.45) is 4.28. The van der Waals surface area contributed by atoms with Crippen LogP contribution in [-0.2, 0) is 10.0 Å². The molecule has 0 bridgehead atoms. The maximum Gasteiger partial charge on any atom is 0.339 e. The van der Waals surface area contributed by atoms with Gasteiger partial charge in [-0.3, -0.25) is 9.29 Å². The van der Waals surface area contributed by atoms with Crippen molar-refractivity contribution in [3.63, 3.8) is 0 Å². The van der Waals surface area contributed by atoms with Gasteiger partial charge >= 0.3 is 5.97 Å². The first-order chi connectivity index (χ1) is 15.3. The molecular formula is C22H18N4O5S. The first-order valence-corrected chi connectivity index (χ1v) is 10.9. The van der Waals surface area contributed by atoms with Gasteiger partial charge in [-0.1, -0.05) is 0 Å². The molecular weight excluding hydrogens is 432 g/mol. The molecule has 4 aromatic rings. The molecule has 1 N–H and O–H groups in total. The molecule has 1 aromatic carbocycles. The van der Waals surface area contributed by atoms with E-state index in [1.165, 1.54) is 31.3 Å². The van der Waals surface area contributed by atoms with Gasteiger partial charge in [-0.05, 0) is 55.5 Å². The van der Waals surface area contributed by atoms with E-state index < -0.39 is 16.0 Å². The van der Waals surface area contributed by atoms with Crippen LogP contribution in [0, 0.1) is 6.92 Å². The monoisotopic (exact) mass is 450 g/mol. The first kappa shape index (κ1) is 21.2. The van der Waals surface area contributed by atoms with Crippen LogP contribution in [0.3, 0.4) is 0 Å². The SMILES string of the molecule is Cc1ccc2c(N(C)S(=O)(=O)c3ccc(Oc4ccncc4)cc3)c(C(=O)O)cnc2n1. The van der Waals surface area contributed by atoms with E-state index in [0.717, 1.165) is 10.5 Å². The molecule has 3 heterocycles. The van der Waals surface area contributed by atoms with Crippen molar-refractivity contribution < 1.29 is 23.1 Å². The van der Waals surface area contributed by atoms with Gasteiger partial charge in [-0.15, -0.1) is 0 Å². The highest BCUT2D eigenvalue weighted by Crippen LogP contribution is 2.33. The summed E-state index contributed by atoms with van der Waals surface area (Å²) in [7, 11) is -2.79. The second-order valence-electron chi connectivity index (χ2n) is 6.88. The van der Waals surface area contributed by atoms with Gasteiger partial charge in [0.05, 0.1) is 10.6 Å². The molecule has 32 heavy (non-hydrogen) atoms. The summed E-state index contributed by atoms with van der Waals surface area (Å²) in [6, 6.07) is 12.5. The summed E-state index contributed by atoms with van der Waals surface area (Å²) in [5.41, 5.74) is 0.682. The minimum atomic E-state index is -4.09. The quantitative estimate of drug-likeness (QED) is 0.472. The fourth-order valence-corrected chi connectivity index (χ4v) is 4.39. The molecule has 0 saturated carbocycles. The molecule has 0 amide bonds. The number of carbonyl (C=O) groups is 1. The number of ether oxygens (including phenoxy) is 1. The normalized spacial score (nSPS) is 11.3. The largest absolute Gasteiger partial charge is 0.478 e. The third-order valence-electron chi connectivity index (χ3n) is 4.75. The molecule has 10 heteroatoms. The number of carboxylic acid groups (broad SMARTS) is 1. The third kappa shape index (κ3) is 3.95. The van der Waals surface area contributed by atoms with E-state index in [0.29, 0.717) is 22.6 Å². The number of sulfonamides is 1. The number of nitrogens with zero attached hydrogens (tertiary/aromatic N) is 4. The molecule has 0 aliphatic rings. The minimum Gasteiger partial charge on any atom is -0.478 e. The molecule has 0 spiro atoms. The summed E-state index contributed by atoms with van der Waals surface area (Å²) in [4.78, 5) is 24.1. The van der Waals surface area contributed by atoms with Gasteiger partial charge in [-0.2, -0.15) is 0 Å². The number of fused-ring (bicyclic) bond motifs is 1. The zero-order chi connectivity index (χ0) is 22.9. The summed E-state index contributed by atoms with van der Waals surface area (Å²) < 4.78 is 33.3. The van der Waals surface area contributed by atoms with E-state index in [1.54, 1.807) is 43.6 Å². The number of anilines is 1. The number of rotatable bonds is 6. The van der Waals surface area contributed by atoms with E-state index >= 15 is 0 Å². The summed E-state index contributed by atoms with van der Waals surface area (Å²) >= 11 is 0. The number of hydrogen-bond acceptors (Lipinski definition) is 7. The van der Waals surface area contributed by atoms with Crippen molar-refractivity contribution in [3.8, 4) is 11.5 Å². The predicted octanol–water partition coefficient (Wildman–Crippen LogP) is 3.65. The fourth-order valence-electron chi connectivity index (χ4n) is 3.15. The van der Waals surface area contributed by atoms with Gasteiger partial charge in [0, 0.05) is 36.7 Å². The highest BCUT2D eigenvalue weighted by atomic mass is 32.2. The van der Waals surface area contributed by atoms with Crippen LogP contribution in [0.5, 0.6) is 11.5 Å². The van der Waals surface area contributed by atoms with Crippen LogP contribution in [0.4, 0.5) is 5.69 Å². The van der Waals surface area contributed by atoms with Crippen LogP contribution in [0.15, 0.2) is 72.0 Å². The molecule has 162 valence electrons. The van der Waals surface area contributed by atoms with Crippen molar-refractivity contribution in [2.45, 2.75) is 11.8 Å². The topological polar surface area (TPSA) is 123 Å². The van der Waals surface area contributed by atoms with Crippen LogP contribution in [0.2, 0.25) is 0 Å². The number of aromatic carboxylic acids is 1. The number of pyridine rings is 3. The number of benzene rings is 1. The van der Waals surface area contributed by atoms with Crippen molar-refractivity contribution in [3.05, 3.63) is 78.4 Å². The fraction of sp³-hybridized carbons (Fsp3) is 0.0909. The second kappa shape index (κ2) is 8.23. The van der Waals surface area contributed by atoms with Gasteiger partial charge < -0.3 is 9.84 Å². The Labute approximate surface area is 184 Å². The Balaban J connectivity index is 1.74. The average molecular weight is 450 g/mol. The lowest BCUT2D eigenvalue weighted by Gasteiger charge is -2.22. The average Bonchev–Trinajstić information content (AvgIpc) is 2.78. The molecule has 0 aliphatic heterocycles. The Kier molecular flexibility index (Phi) is 5.45. The van der Waals surface area contributed by atoms with Gasteiger partial charge in [0.15, 0.2) is 5.65 Å². The Morgan fingerprint density at radius 1 is 1.00 bits per heavy atom.